The third kappa shape index (κ3) is 2.74. The van der Waals surface area contributed by atoms with Crippen LogP contribution in [0.3, 0.4) is 0 Å². The van der Waals surface area contributed by atoms with Gasteiger partial charge in [0, 0.05) is 42.8 Å². The quantitative estimate of drug-likeness (QED) is 0.872. The van der Waals surface area contributed by atoms with E-state index in [1.54, 1.807) is 11.8 Å². The monoisotopic (exact) mass is 313 g/mol. The number of hydrogen-bond acceptors (Lipinski definition) is 3. The molecule has 2 fully saturated rings. The number of nitrogens with zero attached hydrogens (tertiary/aromatic N) is 1. The van der Waals surface area contributed by atoms with E-state index in [0.29, 0.717) is 24.2 Å². The number of benzene rings is 1. The molecular formula is C18H23N3O2. The van der Waals surface area contributed by atoms with Gasteiger partial charge in [-0.25, -0.2) is 0 Å². The molecule has 0 saturated carbocycles. The van der Waals surface area contributed by atoms with E-state index in [0.717, 1.165) is 30.5 Å². The molecule has 2 bridgehead atoms. The first-order chi connectivity index (χ1) is 11.1. The predicted octanol–water partition coefficient (Wildman–Crippen LogP) is 1.61. The molecular weight excluding hydrogens is 290 g/mol. The number of piperidine rings is 1. The average Bonchev–Trinajstić information content (AvgIpc) is 3.09. The van der Waals surface area contributed by atoms with Gasteiger partial charge in [-0.1, -0.05) is 0 Å². The van der Waals surface area contributed by atoms with Crippen LogP contribution in [0.15, 0.2) is 18.2 Å². The molecule has 3 heterocycles. The molecule has 2 amide bonds. The summed E-state index contributed by atoms with van der Waals surface area (Å²) in [5, 5.41) is 6.80. The molecule has 2 saturated heterocycles. The Labute approximate surface area is 136 Å². The third-order valence-electron chi connectivity index (χ3n) is 5.43. The summed E-state index contributed by atoms with van der Waals surface area (Å²) in [4.78, 5) is 25.9. The Balaban J connectivity index is 1.46. The number of rotatable bonds is 2. The minimum absolute atomic E-state index is 0.0142. The van der Waals surface area contributed by atoms with Gasteiger partial charge in [-0.05, 0) is 55.9 Å². The number of fused-ring (bicyclic) bond motifs is 3. The van der Waals surface area contributed by atoms with E-state index >= 15 is 0 Å². The van der Waals surface area contributed by atoms with Crippen LogP contribution in [0.5, 0.6) is 0 Å². The molecule has 3 aliphatic heterocycles. The maximum atomic E-state index is 12.5. The molecule has 5 heteroatoms. The van der Waals surface area contributed by atoms with Crippen LogP contribution in [0.2, 0.25) is 0 Å². The van der Waals surface area contributed by atoms with Gasteiger partial charge in [0.1, 0.15) is 0 Å². The summed E-state index contributed by atoms with van der Waals surface area (Å²) in [6.45, 7) is 2.30. The molecule has 0 spiro atoms. The second kappa shape index (κ2) is 5.64. The van der Waals surface area contributed by atoms with Crippen molar-refractivity contribution in [3.05, 3.63) is 29.3 Å². The summed E-state index contributed by atoms with van der Waals surface area (Å²) in [5.41, 5.74) is 2.76. The molecule has 1 aromatic carbocycles. The van der Waals surface area contributed by atoms with Crippen LogP contribution in [-0.4, -0.2) is 36.5 Å². The fourth-order valence-electron chi connectivity index (χ4n) is 4.31. The lowest BCUT2D eigenvalue weighted by molar-refractivity contribution is -0.116. The minimum atomic E-state index is 0.0142. The van der Waals surface area contributed by atoms with E-state index < -0.39 is 0 Å². The topological polar surface area (TPSA) is 61.4 Å². The molecule has 5 nitrogen and oxygen atoms in total. The lowest BCUT2D eigenvalue weighted by atomic mass is 9.99. The van der Waals surface area contributed by atoms with Crippen molar-refractivity contribution >= 4 is 17.5 Å². The third-order valence-corrected chi connectivity index (χ3v) is 5.43. The molecule has 4 rings (SSSR count). The molecule has 122 valence electrons. The maximum absolute atomic E-state index is 12.5. The smallest absolute Gasteiger partial charge is 0.251 e. The molecule has 0 aliphatic carbocycles. The first-order valence-electron chi connectivity index (χ1n) is 8.58. The van der Waals surface area contributed by atoms with E-state index in [1.807, 2.05) is 18.2 Å². The zero-order valence-electron chi connectivity index (χ0n) is 13.5. The van der Waals surface area contributed by atoms with Gasteiger partial charge in [-0.2, -0.15) is 0 Å². The lowest BCUT2D eigenvalue weighted by Crippen LogP contribution is -2.48. The molecule has 23 heavy (non-hydrogen) atoms. The highest BCUT2D eigenvalue weighted by atomic mass is 16.2. The zero-order chi connectivity index (χ0) is 16.0. The van der Waals surface area contributed by atoms with Crippen molar-refractivity contribution in [3.8, 4) is 0 Å². The normalized spacial score (nSPS) is 28.6. The second-order valence-corrected chi connectivity index (χ2v) is 7.04. The first kappa shape index (κ1) is 14.7. The summed E-state index contributed by atoms with van der Waals surface area (Å²) in [6.07, 6.45) is 5.36. The van der Waals surface area contributed by atoms with Gasteiger partial charge in [-0.3, -0.25) is 9.59 Å². The largest absolute Gasteiger partial charge is 0.349 e. The van der Waals surface area contributed by atoms with Crippen LogP contribution < -0.4 is 15.5 Å². The SMILES string of the molecule is CC(=O)N1CCc2cc(C(=O)NC3CC4CCC(C3)N4)ccc21. The molecule has 2 atom stereocenters. The highest BCUT2D eigenvalue weighted by molar-refractivity contribution is 5.98. The minimum Gasteiger partial charge on any atom is -0.349 e. The molecule has 2 N–H and O–H groups in total. The van der Waals surface area contributed by atoms with Crippen molar-refractivity contribution in [2.75, 3.05) is 11.4 Å². The number of nitrogens with one attached hydrogen (secondary N) is 2. The van der Waals surface area contributed by atoms with Crippen LogP contribution in [0, 0.1) is 0 Å². The highest BCUT2D eigenvalue weighted by Crippen LogP contribution is 2.30. The molecule has 2 unspecified atom stereocenters. The van der Waals surface area contributed by atoms with Crippen LogP contribution in [0.4, 0.5) is 5.69 Å². The van der Waals surface area contributed by atoms with Gasteiger partial charge >= 0.3 is 0 Å². The van der Waals surface area contributed by atoms with Crippen LogP contribution in [0.1, 0.15) is 48.5 Å². The average molecular weight is 313 g/mol. The highest BCUT2D eigenvalue weighted by Gasteiger charge is 2.34. The summed E-state index contributed by atoms with van der Waals surface area (Å²) in [7, 11) is 0. The van der Waals surface area contributed by atoms with Crippen molar-refractivity contribution in [1.82, 2.24) is 10.6 Å². The Bertz CT molecular complexity index is 646. The van der Waals surface area contributed by atoms with E-state index in [-0.39, 0.29) is 17.9 Å². The summed E-state index contributed by atoms with van der Waals surface area (Å²) in [5.74, 6) is 0.0755. The van der Waals surface area contributed by atoms with Gasteiger partial charge < -0.3 is 15.5 Å². The lowest BCUT2D eigenvalue weighted by Gasteiger charge is -2.29. The van der Waals surface area contributed by atoms with Crippen molar-refractivity contribution in [1.29, 1.82) is 0 Å². The molecule has 3 aliphatic rings. The summed E-state index contributed by atoms with van der Waals surface area (Å²) >= 11 is 0. The van der Waals surface area contributed by atoms with Gasteiger partial charge in [0.2, 0.25) is 5.91 Å². The van der Waals surface area contributed by atoms with Crippen molar-refractivity contribution in [3.63, 3.8) is 0 Å². The van der Waals surface area contributed by atoms with E-state index in [4.69, 9.17) is 0 Å². The van der Waals surface area contributed by atoms with E-state index in [9.17, 15) is 9.59 Å². The van der Waals surface area contributed by atoms with E-state index in [1.165, 1.54) is 12.8 Å². The first-order valence-corrected chi connectivity index (χ1v) is 8.58. The van der Waals surface area contributed by atoms with Crippen molar-refractivity contribution in [2.45, 2.75) is 57.2 Å². The van der Waals surface area contributed by atoms with Crippen molar-refractivity contribution < 1.29 is 9.59 Å². The Morgan fingerprint density at radius 1 is 1.22 bits per heavy atom. The number of carbonyl (C=O) groups is 2. The van der Waals surface area contributed by atoms with Crippen LogP contribution in [0.25, 0.3) is 0 Å². The Kier molecular flexibility index (Phi) is 3.60. The van der Waals surface area contributed by atoms with Gasteiger partial charge in [0.05, 0.1) is 0 Å². The molecule has 1 aromatic rings. The maximum Gasteiger partial charge on any atom is 0.251 e. The predicted molar refractivity (Wildman–Crippen MR) is 88.6 cm³/mol. The second-order valence-electron chi connectivity index (χ2n) is 7.04. The van der Waals surface area contributed by atoms with Crippen LogP contribution in [-0.2, 0) is 11.2 Å². The number of carbonyl (C=O) groups excluding carboxylic acids is 2. The Hall–Kier alpha value is -1.88. The molecule has 0 radical (unpaired) electrons. The number of hydrogen-bond donors (Lipinski definition) is 2. The van der Waals surface area contributed by atoms with E-state index in [2.05, 4.69) is 10.6 Å². The van der Waals surface area contributed by atoms with Crippen molar-refractivity contribution in [2.24, 2.45) is 0 Å². The molecule has 0 aromatic heterocycles. The zero-order valence-corrected chi connectivity index (χ0v) is 13.5. The number of anilines is 1. The Morgan fingerprint density at radius 3 is 2.65 bits per heavy atom. The number of amides is 2. The fraction of sp³-hybridized carbons (Fsp3) is 0.556. The standard InChI is InChI=1S/C18H23N3O2/c1-11(22)21-7-6-12-8-13(2-5-17(12)21)18(23)20-16-9-14-3-4-15(10-16)19-14/h2,5,8,14-16,19H,3-4,6-7,9-10H2,1H3,(H,20,23). The van der Waals surface area contributed by atoms with Crippen LogP contribution >= 0.6 is 0 Å². The van der Waals surface area contributed by atoms with Gasteiger partial charge in [0.25, 0.3) is 5.91 Å². The summed E-state index contributed by atoms with van der Waals surface area (Å²) < 4.78 is 0. The van der Waals surface area contributed by atoms with Gasteiger partial charge in [-0.15, -0.1) is 0 Å². The summed E-state index contributed by atoms with van der Waals surface area (Å²) in [6, 6.07) is 7.12. The Morgan fingerprint density at radius 2 is 1.96 bits per heavy atom. The van der Waals surface area contributed by atoms with Gasteiger partial charge in [0.15, 0.2) is 0 Å². The fourth-order valence-corrected chi connectivity index (χ4v) is 4.31.